The van der Waals surface area contributed by atoms with Gasteiger partial charge in [0, 0.05) is 24.7 Å². The van der Waals surface area contributed by atoms with Crippen LogP contribution >= 0.6 is 12.4 Å². The molecule has 1 aromatic rings. The number of ether oxygens (including phenoxy) is 1. The first-order valence-electron chi connectivity index (χ1n) is 9.12. The van der Waals surface area contributed by atoms with Gasteiger partial charge in [-0.1, -0.05) is 19.8 Å². The fourth-order valence-corrected chi connectivity index (χ4v) is 2.84. The minimum atomic E-state index is -0.547. The van der Waals surface area contributed by atoms with E-state index in [1.807, 2.05) is 6.92 Å². The van der Waals surface area contributed by atoms with Crippen LogP contribution in [0.3, 0.4) is 0 Å². The van der Waals surface area contributed by atoms with E-state index < -0.39 is 5.97 Å². The zero-order chi connectivity index (χ0) is 18.1. The predicted octanol–water partition coefficient (Wildman–Crippen LogP) is 3.59. The summed E-state index contributed by atoms with van der Waals surface area (Å²) in [6.07, 6.45) is 5.81. The molecule has 2 rings (SSSR count). The summed E-state index contributed by atoms with van der Waals surface area (Å²) in [5.41, 5.74) is 0.591. The smallest absolute Gasteiger partial charge is 0.341 e. The molecule has 2 N–H and O–H groups in total. The van der Waals surface area contributed by atoms with Gasteiger partial charge < -0.3 is 20.1 Å². The van der Waals surface area contributed by atoms with E-state index in [2.05, 4.69) is 10.2 Å². The number of likely N-dealkylation sites (tertiary alicyclic amines) is 1. The van der Waals surface area contributed by atoms with Crippen molar-refractivity contribution in [1.29, 1.82) is 0 Å². The predicted molar refractivity (Wildman–Crippen MR) is 104 cm³/mol. The number of nitrogens with zero attached hydrogens (tertiary/aromatic N) is 1. The van der Waals surface area contributed by atoms with E-state index in [0.717, 1.165) is 32.5 Å². The van der Waals surface area contributed by atoms with Crippen LogP contribution in [-0.2, 0) is 9.53 Å². The minimum Gasteiger partial charge on any atom is -0.507 e. The summed E-state index contributed by atoms with van der Waals surface area (Å²) >= 11 is 0. The van der Waals surface area contributed by atoms with Crippen LogP contribution in [0.25, 0.3) is 0 Å². The number of hydrogen-bond acceptors (Lipinski definition) is 5. The molecule has 0 unspecified atom stereocenters. The molecule has 0 aromatic heterocycles. The number of carbonyl (C=O) groups is 2. The number of carbonyl (C=O) groups excluding carboxylic acids is 2. The third-order valence-corrected chi connectivity index (χ3v) is 4.34. The van der Waals surface area contributed by atoms with Crippen LogP contribution in [0.5, 0.6) is 5.75 Å². The molecule has 1 amide bonds. The first-order valence-corrected chi connectivity index (χ1v) is 9.12. The molecule has 0 saturated carbocycles. The summed E-state index contributed by atoms with van der Waals surface area (Å²) in [5.74, 6) is -0.826. The molecule has 1 aliphatic rings. The van der Waals surface area contributed by atoms with E-state index in [9.17, 15) is 14.7 Å². The molecular weight excluding hydrogens is 356 g/mol. The summed E-state index contributed by atoms with van der Waals surface area (Å²) in [6, 6.07) is 4.47. The second kappa shape index (κ2) is 11.8. The average molecular weight is 385 g/mol. The number of phenolic OH excluding ortho intramolecular Hbond substituents is 1. The van der Waals surface area contributed by atoms with Gasteiger partial charge in [-0.25, -0.2) is 4.79 Å². The van der Waals surface area contributed by atoms with E-state index in [0.29, 0.717) is 18.7 Å². The number of unbranched alkanes of at least 4 members (excludes halogenated alkanes) is 1. The Balaban J connectivity index is 0.00000338. The number of benzene rings is 1. The van der Waals surface area contributed by atoms with Gasteiger partial charge in [-0.3, -0.25) is 4.79 Å². The molecule has 1 fully saturated rings. The number of aromatic hydroxyl groups is 1. The molecule has 1 heterocycles. The van der Waals surface area contributed by atoms with Crippen molar-refractivity contribution >= 4 is 30.0 Å². The first-order chi connectivity index (χ1) is 12.1. The lowest BCUT2D eigenvalue weighted by molar-refractivity contribution is -0.116. The molecule has 0 bridgehead atoms. The zero-order valence-electron chi connectivity index (χ0n) is 15.3. The second-order valence-corrected chi connectivity index (χ2v) is 6.42. The maximum absolute atomic E-state index is 12.0. The van der Waals surface area contributed by atoms with Crippen molar-refractivity contribution in [2.24, 2.45) is 0 Å². The topological polar surface area (TPSA) is 78.9 Å². The largest absolute Gasteiger partial charge is 0.507 e. The van der Waals surface area contributed by atoms with Gasteiger partial charge >= 0.3 is 5.97 Å². The van der Waals surface area contributed by atoms with Crippen molar-refractivity contribution in [3.8, 4) is 5.75 Å². The van der Waals surface area contributed by atoms with Crippen molar-refractivity contribution in [2.45, 2.75) is 45.4 Å². The van der Waals surface area contributed by atoms with Crippen LogP contribution in [0, 0.1) is 0 Å². The number of esters is 1. The van der Waals surface area contributed by atoms with E-state index in [4.69, 9.17) is 4.74 Å². The zero-order valence-corrected chi connectivity index (χ0v) is 16.1. The molecule has 26 heavy (non-hydrogen) atoms. The Bertz CT molecular complexity index is 589. The van der Waals surface area contributed by atoms with Gasteiger partial charge in [0.2, 0.25) is 5.91 Å². The number of anilines is 1. The first kappa shape index (κ1) is 22.3. The molecule has 0 spiro atoms. The molecule has 1 aromatic carbocycles. The van der Waals surface area contributed by atoms with E-state index in [-0.39, 0.29) is 29.6 Å². The van der Waals surface area contributed by atoms with Crippen molar-refractivity contribution in [3.05, 3.63) is 23.8 Å². The molecule has 1 saturated heterocycles. The number of hydrogen-bond donors (Lipinski definition) is 2. The Hall–Kier alpha value is -1.79. The third kappa shape index (κ3) is 7.22. The van der Waals surface area contributed by atoms with Crippen LogP contribution in [0.15, 0.2) is 18.2 Å². The molecule has 146 valence electrons. The van der Waals surface area contributed by atoms with Crippen LogP contribution in [0.4, 0.5) is 5.69 Å². The lowest BCUT2D eigenvalue weighted by atomic mass is 10.1. The summed E-state index contributed by atoms with van der Waals surface area (Å²) < 4.78 is 5.08. The Morgan fingerprint density at radius 2 is 1.96 bits per heavy atom. The van der Waals surface area contributed by atoms with Gasteiger partial charge in [0.1, 0.15) is 11.3 Å². The van der Waals surface area contributed by atoms with Gasteiger partial charge in [0.05, 0.1) is 6.61 Å². The Morgan fingerprint density at radius 1 is 1.23 bits per heavy atom. The number of nitrogens with one attached hydrogen (secondary N) is 1. The summed E-state index contributed by atoms with van der Waals surface area (Å²) in [4.78, 5) is 26.2. The van der Waals surface area contributed by atoms with Crippen LogP contribution in [0.1, 0.15) is 55.8 Å². The van der Waals surface area contributed by atoms with E-state index >= 15 is 0 Å². The summed E-state index contributed by atoms with van der Waals surface area (Å²) in [5, 5.41) is 12.8. The highest BCUT2D eigenvalue weighted by molar-refractivity contribution is 5.95. The van der Waals surface area contributed by atoms with Crippen LogP contribution < -0.4 is 5.32 Å². The van der Waals surface area contributed by atoms with E-state index in [1.54, 1.807) is 6.07 Å². The molecule has 6 nitrogen and oxygen atoms in total. The Morgan fingerprint density at radius 3 is 2.62 bits per heavy atom. The lowest BCUT2D eigenvalue weighted by Gasteiger charge is -2.25. The molecule has 7 heteroatoms. The van der Waals surface area contributed by atoms with Crippen molar-refractivity contribution < 1.29 is 19.4 Å². The number of rotatable bonds is 8. The highest BCUT2D eigenvalue weighted by Gasteiger charge is 2.15. The van der Waals surface area contributed by atoms with E-state index in [1.165, 1.54) is 31.4 Å². The Kier molecular flexibility index (Phi) is 10.1. The highest BCUT2D eigenvalue weighted by atomic mass is 35.5. The number of piperidine rings is 1. The fourth-order valence-electron chi connectivity index (χ4n) is 2.84. The van der Waals surface area contributed by atoms with Gasteiger partial charge in [0.15, 0.2) is 0 Å². The Labute approximate surface area is 161 Å². The van der Waals surface area contributed by atoms with Crippen molar-refractivity contribution in [3.63, 3.8) is 0 Å². The maximum atomic E-state index is 12.0. The van der Waals surface area contributed by atoms with Crippen LogP contribution in [-0.4, -0.2) is 48.1 Å². The number of phenols is 1. The van der Waals surface area contributed by atoms with Crippen LogP contribution in [0.2, 0.25) is 0 Å². The van der Waals surface area contributed by atoms with Gasteiger partial charge in [0.25, 0.3) is 0 Å². The summed E-state index contributed by atoms with van der Waals surface area (Å²) in [6.45, 7) is 5.21. The van der Waals surface area contributed by atoms with Crippen molar-refractivity contribution in [1.82, 2.24) is 4.90 Å². The van der Waals surface area contributed by atoms with Gasteiger partial charge in [-0.15, -0.1) is 12.4 Å². The lowest BCUT2D eigenvalue weighted by Crippen LogP contribution is -2.32. The molecular formula is C19H29ClN2O4. The SMILES string of the molecule is CCCCOC(=O)c1ccc(NC(=O)CCN2CCCCC2)cc1O.Cl. The molecule has 0 aliphatic carbocycles. The van der Waals surface area contributed by atoms with Gasteiger partial charge in [-0.05, 0) is 44.5 Å². The normalized spacial score (nSPS) is 14.3. The highest BCUT2D eigenvalue weighted by Crippen LogP contribution is 2.23. The fraction of sp³-hybridized carbons (Fsp3) is 0.579. The standard InChI is InChI=1S/C19H28N2O4.ClH/c1-2-3-13-25-19(24)16-8-7-15(14-17(16)22)20-18(23)9-12-21-10-5-4-6-11-21;/h7-8,14,22H,2-6,9-13H2,1H3,(H,20,23);1H. The molecule has 0 radical (unpaired) electrons. The molecule has 1 aliphatic heterocycles. The monoisotopic (exact) mass is 384 g/mol. The average Bonchev–Trinajstić information content (AvgIpc) is 2.61. The minimum absolute atomic E-state index is 0. The number of amides is 1. The quantitative estimate of drug-likeness (QED) is 0.529. The maximum Gasteiger partial charge on any atom is 0.341 e. The molecule has 0 atom stereocenters. The van der Waals surface area contributed by atoms with Gasteiger partial charge in [-0.2, -0.15) is 0 Å². The summed E-state index contributed by atoms with van der Waals surface area (Å²) in [7, 11) is 0. The third-order valence-electron chi connectivity index (χ3n) is 4.34. The number of halogens is 1. The van der Waals surface area contributed by atoms with Crippen molar-refractivity contribution in [2.75, 3.05) is 31.6 Å². The second-order valence-electron chi connectivity index (χ2n) is 6.42.